The standard InChI is InChI=1S/C26H29N7O2.CH5N/c27-17-30-15-13-18-1-9-22(10-2-18)32-24(34)20-5-7-21(8-6-20)25(35)33-23-11-3-19(4-12-23)14-16-31-26(28)29;1-2/h1-12,17H,13-16H2,(H2,27,30)(H,32,34)(H,33,35)(H4,28,29,31);2H2,1H3. The second-order valence-electron chi connectivity index (χ2n) is 7.74. The summed E-state index contributed by atoms with van der Waals surface area (Å²) >= 11 is 0. The first-order chi connectivity index (χ1) is 17.9. The molecule has 0 fully saturated rings. The SMILES string of the molecule is CN.NC=NCCc1ccc(NC(=O)c2ccc(C(=O)Nc3ccc(CCN=C(N)N)cc3)cc2)cc1. The molecule has 194 valence electrons. The topological polar surface area (TPSA) is 187 Å². The average molecular weight is 503 g/mol. The summed E-state index contributed by atoms with van der Waals surface area (Å²) in [5.41, 5.74) is 24.8. The summed E-state index contributed by atoms with van der Waals surface area (Å²) < 4.78 is 0. The number of anilines is 2. The Balaban J connectivity index is 0.00000235. The summed E-state index contributed by atoms with van der Waals surface area (Å²) in [6.45, 7) is 1.12. The first-order valence-electron chi connectivity index (χ1n) is 11.7. The Morgan fingerprint density at radius 2 is 1.11 bits per heavy atom. The van der Waals surface area contributed by atoms with Crippen molar-refractivity contribution in [2.24, 2.45) is 32.9 Å². The molecule has 0 unspecified atom stereocenters. The summed E-state index contributed by atoms with van der Waals surface area (Å²) in [4.78, 5) is 33.1. The van der Waals surface area contributed by atoms with Crippen molar-refractivity contribution < 1.29 is 9.59 Å². The van der Waals surface area contributed by atoms with Crippen molar-refractivity contribution in [2.75, 3.05) is 30.8 Å². The Labute approximate surface area is 216 Å². The lowest BCUT2D eigenvalue weighted by atomic mass is 10.1. The van der Waals surface area contributed by atoms with E-state index in [4.69, 9.17) is 17.2 Å². The molecule has 0 spiro atoms. The molecule has 10 N–H and O–H groups in total. The molecule has 2 amide bonds. The van der Waals surface area contributed by atoms with Crippen LogP contribution >= 0.6 is 0 Å². The number of nitrogens with zero attached hydrogens (tertiary/aromatic N) is 2. The van der Waals surface area contributed by atoms with E-state index in [9.17, 15) is 9.59 Å². The highest BCUT2D eigenvalue weighted by Crippen LogP contribution is 2.15. The number of hydrogen-bond acceptors (Lipinski definition) is 5. The largest absolute Gasteiger partial charge is 0.390 e. The average Bonchev–Trinajstić information content (AvgIpc) is 2.92. The van der Waals surface area contributed by atoms with Crippen LogP contribution in [0.1, 0.15) is 31.8 Å². The van der Waals surface area contributed by atoms with Crippen LogP contribution < -0.4 is 33.6 Å². The van der Waals surface area contributed by atoms with Crippen molar-refractivity contribution >= 4 is 35.5 Å². The van der Waals surface area contributed by atoms with Crippen molar-refractivity contribution in [3.05, 3.63) is 95.1 Å². The Hall–Kier alpha value is -4.70. The molecule has 0 heterocycles. The summed E-state index contributed by atoms with van der Waals surface area (Å²) in [7, 11) is 1.50. The molecule has 37 heavy (non-hydrogen) atoms. The highest BCUT2D eigenvalue weighted by Gasteiger charge is 2.10. The zero-order valence-electron chi connectivity index (χ0n) is 20.9. The monoisotopic (exact) mass is 502 g/mol. The summed E-state index contributed by atoms with van der Waals surface area (Å²) in [5, 5.41) is 5.71. The second kappa shape index (κ2) is 15.3. The van der Waals surface area contributed by atoms with Crippen LogP contribution in [0.4, 0.5) is 11.4 Å². The number of benzene rings is 3. The lowest BCUT2D eigenvalue weighted by Crippen LogP contribution is -2.23. The number of carbonyl (C=O) groups is 2. The lowest BCUT2D eigenvalue weighted by Gasteiger charge is -2.09. The third-order valence-electron chi connectivity index (χ3n) is 5.16. The van der Waals surface area contributed by atoms with E-state index in [1.807, 2.05) is 48.5 Å². The van der Waals surface area contributed by atoms with Crippen molar-refractivity contribution in [3.8, 4) is 0 Å². The normalized spacial score (nSPS) is 10.2. The molecule has 3 aromatic carbocycles. The maximum absolute atomic E-state index is 12.6. The maximum Gasteiger partial charge on any atom is 0.255 e. The quantitative estimate of drug-likeness (QED) is 0.182. The van der Waals surface area contributed by atoms with E-state index >= 15 is 0 Å². The Kier molecular flexibility index (Phi) is 11.8. The van der Waals surface area contributed by atoms with Crippen LogP contribution in [0.15, 0.2) is 82.8 Å². The molecule has 10 heteroatoms. The molecule has 0 saturated heterocycles. The van der Waals surface area contributed by atoms with Gasteiger partial charge in [-0.25, -0.2) is 0 Å². The molecule has 0 aromatic heterocycles. The number of aliphatic imine (C=N–C) groups is 2. The van der Waals surface area contributed by atoms with Crippen LogP contribution in [0.2, 0.25) is 0 Å². The van der Waals surface area contributed by atoms with Crippen LogP contribution in [0.3, 0.4) is 0 Å². The van der Waals surface area contributed by atoms with Gasteiger partial charge in [-0.2, -0.15) is 0 Å². The van der Waals surface area contributed by atoms with Gasteiger partial charge in [0.05, 0.1) is 6.34 Å². The minimum absolute atomic E-state index is 0.0664. The Bertz CT molecular complexity index is 1180. The highest BCUT2D eigenvalue weighted by atomic mass is 16.2. The fourth-order valence-corrected chi connectivity index (χ4v) is 3.27. The van der Waals surface area contributed by atoms with Gasteiger partial charge in [-0.15, -0.1) is 0 Å². The predicted octanol–water partition coefficient (Wildman–Crippen LogP) is 2.11. The third-order valence-corrected chi connectivity index (χ3v) is 5.16. The molecular weight excluding hydrogens is 468 g/mol. The number of nitrogens with one attached hydrogen (secondary N) is 2. The van der Waals surface area contributed by atoms with Gasteiger partial charge >= 0.3 is 0 Å². The van der Waals surface area contributed by atoms with Crippen molar-refractivity contribution in [3.63, 3.8) is 0 Å². The predicted molar refractivity (Wildman–Crippen MR) is 151 cm³/mol. The molecule has 0 bridgehead atoms. The molecular formula is C27H34N8O2. The third kappa shape index (κ3) is 9.82. The first kappa shape index (κ1) is 28.5. The molecule has 0 aliphatic carbocycles. The fourth-order valence-electron chi connectivity index (χ4n) is 3.27. The van der Waals surface area contributed by atoms with E-state index in [2.05, 4.69) is 26.4 Å². The van der Waals surface area contributed by atoms with Gasteiger partial charge in [0.1, 0.15) is 0 Å². The number of hydrogen-bond donors (Lipinski definition) is 6. The van der Waals surface area contributed by atoms with E-state index in [-0.39, 0.29) is 17.8 Å². The number of guanidine groups is 1. The number of amides is 2. The summed E-state index contributed by atoms with van der Waals surface area (Å²) in [6, 6.07) is 21.5. The number of rotatable bonds is 10. The van der Waals surface area contributed by atoms with E-state index < -0.39 is 0 Å². The minimum atomic E-state index is -0.264. The zero-order chi connectivity index (χ0) is 27.0. The molecule has 3 aromatic rings. The van der Waals surface area contributed by atoms with Gasteiger partial charge in [0.25, 0.3) is 11.8 Å². The van der Waals surface area contributed by atoms with Gasteiger partial charge in [-0.3, -0.25) is 19.6 Å². The van der Waals surface area contributed by atoms with E-state index in [1.165, 1.54) is 13.4 Å². The van der Waals surface area contributed by atoms with E-state index in [1.54, 1.807) is 24.3 Å². The van der Waals surface area contributed by atoms with Crippen LogP contribution in [0, 0.1) is 0 Å². The lowest BCUT2D eigenvalue weighted by molar-refractivity contribution is 0.101. The molecule has 0 aliphatic heterocycles. The number of carbonyl (C=O) groups excluding carboxylic acids is 2. The van der Waals surface area contributed by atoms with Gasteiger partial charge < -0.3 is 33.6 Å². The van der Waals surface area contributed by atoms with E-state index in [0.717, 1.165) is 17.5 Å². The summed E-state index contributed by atoms with van der Waals surface area (Å²) in [6.07, 6.45) is 2.76. The molecule has 10 nitrogen and oxygen atoms in total. The van der Waals surface area contributed by atoms with E-state index in [0.29, 0.717) is 42.0 Å². The molecule has 3 rings (SSSR count). The summed E-state index contributed by atoms with van der Waals surface area (Å²) in [5.74, 6) is -0.453. The molecule has 0 atom stereocenters. The van der Waals surface area contributed by atoms with Gasteiger partial charge in [-0.1, -0.05) is 24.3 Å². The first-order valence-corrected chi connectivity index (χ1v) is 11.7. The zero-order valence-corrected chi connectivity index (χ0v) is 20.9. The second-order valence-corrected chi connectivity index (χ2v) is 7.74. The molecule has 0 aliphatic rings. The van der Waals surface area contributed by atoms with Crippen LogP contribution in [0.5, 0.6) is 0 Å². The molecule has 0 saturated carbocycles. The van der Waals surface area contributed by atoms with Gasteiger partial charge in [0.2, 0.25) is 0 Å². The highest BCUT2D eigenvalue weighted by molar-refractivity contribution is 6.07. The van der Waals surface area contributed by atoms with Crippen LogP contribution in [-0.4, -0.2) is 44.2 Å². The van der Waals surface area contributed by atoms with Crippen LogP contribution in [-0.2, 0) is 12.8 Å². The van der Waals surface area contributed by atoms with Crippen LogP contribution in [0.25, 0.3) is 0 Å². The Morgan fingerprint density at radius 3 is 1.49 bits per heavy atom. The number of nitrogens with two attached hydrogens (primary N) is 4. The maximum atomic E-state index is 12.6. The van der Waals surface area contributed by atoms with Crippen molar-refractivity contribution in [1.82, 2.24) is 0 Å². The van der Waals surface area contributed by atoms with Gasteiger partial charge in [0.15, 0.2) is 5.96 Å². The fraction of sp³-hybridized carbons (Fsp3) is 0.185. The smallest absolute Gasteiger partial charge is 0.255 e. The molecule has 0 radical (unpaired) electrons. The van der Waals surface area contributed by atoms with Gasteiger partial charge in [0, 0.05) is 35.6 Å². The van der Waals surface area contributed by atoms with Crippen molar-refractivity contribution in [1.29, 1.82) is 0 Å². The van der Waals surface area contributed by atoms with Gasteiger partial charge in [-0.05, 0) is 79.5 Å². The minimum Gasteiger partial charge on any atom is -0.390 e. The Morgan fingerprint density at radius 1 is 0.703 bits per heavy atom. The van der Waals surface area contributed by atoms with Crippen molar-refractivity contribution in [2.45, 2.75) is 12.8 Å².